The van der Waals surface area contributed by atoms with Gasteiger partial charge in [-0.25, -0.2) is 4.98 Å². The van der Waals surface area contributed by atoms with Gasteiger partial charge in [0, 0.05) is 37.1 Å². The summed E-state index contributed by atoms with van der Waals surface area (Å²) in [6.07, 6.45) is 12.5. The Labute approximate surface area is 164 Å². The van der Waals surface area contributed by atoms with Crippen molar-refractivity contribution in [3.05, 3.63) is 23.2 Å². The summed E-state index contributed by atoms with van der Waals surface area (Å²) in [6.45, 7) is 1.23. The van der Waals surface area contributed by atoms with E-state index >= 15 is 0 Å². The molecule has 1 saturated carbocycles. The number of anilines is 1. The third-order valence-electron chi connectivity index (χ3n) is 5.86. The molecule has 1 aromatic heterocycles. The second-order valence-corrected chi connectivity index (χ2v) is 8.85. The number of nitrogens with one attached hydrogen (secondary N) is 2. The third kappa shape index (κ3) is 4.51. The Morgan fingerprint density at radius 1 is 1.26 bits per heavy atom. The molecule has 146 valence electrons. The first-order valence-corrected chi connectivity index (χ1v) is 11.0. The normalized spacial score (nSPS) is 22.1. The lowest BCUT2D eigenvalue weighted by molar-refractivity contribution is -0.135. The summed E-state index contributed by atoms with van der Waals surface area (Å²) in [4.78, 5) is 31.9. The van der Waals surface area contributed by atoms with Crippen LogP contribution in [-0.2, 0) is 9.59 Å². The summed E-state index contributed by atoms with van der Waals surface area (Å²) < 4.78 is 0. The van der Waals surface area contributed by atoms with Crippen LogP contribution in [0.15, 0.2) is 23.2 Å². The monoisotopic (exact) mass is 388 g/mol. The highest BCUT2D eigenvalue weighted by atomic mass is 32.1. The van der Waals surface area contributed by atoms with Gasteiger partial charge in [0.25, 0.3) is 0 Å². The van der Waals surface area contributed by atoms with E-state index in [-0.39, 0.29) is 11.8 Å². The Kier molecular flexibility index (Phi) is 5.48. The third-order valence-corrected chi connectivity index (χ3v) is 6.55. The molecule has 0 spiro atoms. The van der Waals surface area contributed by atoms with Crippen LogP contribution in [-0.4, -0.2) is 46.4 Å². The Morgan fingerprint density at radius 3 is 2.70 bits per heavy atom. The van der Waals surface area contributed by atoms with Gasteiger partial charge in [-0.3, -0.25) is 9.59 Å². The van der Waals surface area contributed by atoms with Crippen LogP contribution in [0.3, 0.4) is 0 Å². The smallest absolute Gasteiger partial charge is 0.246 e. The highest BCUT2D eigenvalue weighted by molar-refractivity contribution is 7.13. The lowest BCUT2D eigenvalue weighted by atomic mass is 9.86. The minimum Gasteiger partial charge on any atom is -0.351 e. The summed E-state index contributed by atoms with van der Waals surface area (Å²) in [5.41, 5.74) is 0.622. The van der Waals surface area contributed by atoms with Crippen molar-refractivity contribution < 1.29 is 9.59 Å². The highest BCUT2D eigenvalue weighted by Crippen LogP contribution is 2.31. The van der Waals surface area contributed by atoms with Gasteiger partial charge in [-0.05, 0) is 51.4 Å². The van der Waals surface area contributed by atoms with E-state index in [1.165, 1.54) is 29.8 Å². The molecule has 2 amide bonds. The fraction of sp³-hybridized carbons (Fsp3) is 0.650. The van der Waals surface area contributed by atoms with Gasteiger partial charge < -0.3 is 15.5 Å². The van der Waals surface area contributed by atoms with Gasteiger partial charge >= 0.3 is 0 Å². The molecular formula is C20H28N4O2S. The fourth-order valence-electron chi connectivity index (χ4n) is 3.96. The standard InChI is InChI=1S/C20H28N4O2S/c25-17(14-15-4-2-1-3-5-15)24-11-8-20(9-12-24,18(26)22-16-6-7-16)23-19-21-10-13-27-19/h4,10,13,16H,1-3,5-9,11-12,14H2,(H,21,23)(H,22,26). The summed E-state index contributed by atoms with van der Waals surface area (Å²) >= 11 is 1.51. The molecule has 0 atom stereocenters. The average Bonchev–Trinajstić information content (AvgIpc) is 3.36. The first-order chi connectivity index (χ1) is 13.1. The molecule has 7 heteroatoms. The summed E-state index contributed by atoms with van der Waals surface area (Å²) in [7, 11) is 0. The number of hydrogen-bond acceptors (Lipinski definition) is 5. The van der Waals surface area contributed by atoms with E-state index in [1.807, 2.05) is 10.3 Å². The molecular weight excluding hydrogens is 360 g/mol. The second kappa shape index (κ2) is 8.00. The number of likely N-dealkylation sites (tertiary alicyclic amines) is 1. The van der Waals surface area contributed by atoms with Crippen LogP contribution in [0.2, 0.25) is 0 Å². The van der Waals surface area contributed by atoms with Gasteiger partial charge in [0.1, 0.15) is 5.54 Å². The molecule has 4 rings (SSSR count). The van der Waals surface area contributed by atoms with Crippen LogP contribution < -0.4 is 10.6 Å². The van der Waals surface area contributed by atoms with E-state index in [9.17, 15) is 9.59 Å². The molecule has 2 N–H and O–H groups in total. The zero-order chi connectivity index (χ0) is 18.7. The van der Waals surface area contributed by atoms with Crippen molar-refractivity contribution in [2.24, 2.45) is 0 Å². The number of aromatic nitrogens is 1. The Bertz CT molecular complexity index is 704. The number of thiazole rings is 1. The fourth-order valence-corrected chi connectivity index (χ4v) is 4.59. The van der Waals surface area contributed by atoms with Crippen molar-refractivity contribution in [2.75, 3.05) is 18.4 Å². The first-order valence-electron chi connectivity index (χ1n) is 10.1. The lowest BCUT2D eigenvalue weighted by Crippen LogP contribution is -2.59. The SMILES string of the molecule is O=C(CC1=CCCCC1)N1CCC(Nc2nccs2)(C(=O)NC2CC2)CC1. The Balaban J connectivity index is 1.39. The topological polar surface area (TPSA) is 74.3 Å². The number of carbonyl (C=O) groups is 2. The average molecular weight is 389 g/mol. The molecule has 0 bridgehead atoms. The van der Waals surface area contributed by atoms with Crippen LogP contribution in [0.4, 0.5) is 5.13 Å². The molecule has 1 aliphatic heterocycles. The van der Waals surface area contributed by atoms with Crippen LogP contribution >= 0.6 is 11.3 Å². The molecule has 0 radical (unpaired) electrons. The van der Waals surface area contributed by atoms with Gasteiger partial charge in [-0.15, -0.1) is 11.3 Å². The van der Waals surface area contributed by atoms with E-state index in [0.29, 0.717) is 38.4 Å². The zero-order valence-corrected chi connectivity index (χ0v) is 16.5. The van der Waals surface area contributed by atoms with Gasteiger partial charge in [0.15, 0.2) is 5.13 Å². The van der Waals surface area contributed by atoms with Crippen molar-refractivity contribution in [1.82, 2.24) is 15.2 Å². The van der Waals surface area contributed by atoms with Crippen molar-refractivity contribution in [3.63, 3.8) is 0 Å². The second-order valence-electron chi connectivity index (χ2n) is 7.96. The maximum atomic E-state index is 13.0. The molecule has 1 saturated heterocycles. The molecule has 3 aliphatic rings. The minimum atomic E-state index is -0.665. The predicted octanol–water partition coefficient (Wildman–Crippen LogP) is 3.09. The van der Waals surface area contributed by atoms with Crippen molar-refractivity contribution in [3.8, 4) is 0 Å². The number of piperidine rings is 1. The lowest BCUT2D eigenvalue weighted by Gasteiger charge is -2.41. The van der Waals surface area contributed by atoms with E-state index in [4.69, 9.17) is 0 Å². The van der Waals surface area contributed by atoms with Crippen LogP contribution in [0.5, 0.6) is 0 Å². The van der Waals surface area contributed by atoms with Crippen molar-refractivity contribution in [1.29, 1.82) is 0 Å². The van der Waals surface area contributed by atoms with E-state index in [0.717, 1.165) is 30.8 Å². The summed E-state index contributed by atoms with van der Waals surface area (Å²) in [6, 6.07) is 0.324. The van der Waals surface area contributed by atoms with Gasteiger partial charge in [-0.2, -0.15) is 0 Å². The van der Waals surface area contributed by atoms with Gasteiger partial charge in [0.2, 0.25) is 11.8 Å². The van der Waals surface area contributed by atoms with Gasteiger partial charge in [-0.1, -0.05) is 11.6 Å². The number of nitrogens with zero attached hydrogens (tertiary/aromatic N) is 2. The van der Waals surface area contributed by atoms with Crippen molar-refractivity contribution in [2.45, 2.75) is 69.4 Å². The maximum absolute atomic E-state index is 13.0. The van der Waals surface area contributed by atoms with E-state index in [2.05, 4.69) is 21.7 Å². The highest BCUT2D eigenvalue weighted by Gasteiger charge is 2.44. The van der Waals surface area contributed by atoms with E-state index < -0.39 is 5.54 Å². The number of allylic oxidation sites excluding steroid dienone is 1. The Morgan fingerprint density at radius 2 is 2.07 bits per heavy atom. The predicted molar refractivity (Wildman–Crippen MR) is 107 cm³/mol. The van der Waals surface area contributed by atoms with Crippen molar-refractivity contribution >= 4 is 28.3 Å². The first kappa shape index (κ1) is 18.5. The molecule has 2 heterocycles. The molecule has 1 aromatic rings. The molecule has 6 nitrogen and oxygen atoms in total. The number of hydrogen-bond donors (Lipinski definition) is 2. The maximum Gasteiger partial charge on any atom is 0.246 e. The number of carbonyl (C=O) groups excluding carboxylic acids is 2. The number of amides is 2. The van der Waals surface area contributed by atoms with Crippen LogP contribution in [0.1, 0.15) is 57.8 Å². The van der Waals surface area contributed by atoms with Gasteiger partial charge in [0.05, 0.1) is 0 Å². The molecule has 0 aromatic carbocycles. The zero-order valence-electron chi connectivity index (χ0n) is 15.7. The minimum absolute atomic E-state index is 0.0577. The summed E-state index contributed by atoms with van der Waals surface area (Å²) in [5, 5.41) is 9.22. The largest absolute Gasteiger partial charge is 0.351 e. The Hall–Kier alpha value is -1.89. The molecule has 27 heavy (non-hydrogen) atoms. The summed E-state index contributed by atoms with van der Waals surface area (Å²) in [5.74, 6) is 0.260. The molecule has 2 fully saturated rings. The van der Waals surface area contributed by atoms with Crippen LogP contribution in [0, 0.1) is 0 Å². The van der Waals surface area contributed by atoms with E-state index in [1.54, 1.807) is 6.20 Å². The molecule has 0 unspecified atom stereocenters. The van der Waals surface area contributed by atoms with Crippen LogP contribution in [0.25, 0.3) is 0 Å². The quantitative estimate of drug-likeness (QED) is 0.735. The number of rotatable bonds is 6. The molecule has 2 aliphatic carbocycles.